The van der Waals surface area contributed by atoms with Crippen LogP contribution in [-0.2, 0) is 4.74 Å². The molecule has 1 fully saturated rings. The van der Waals surface area contributed by atoms with E-state index in [0.29, 0.717) is 24.5 Å². The molecule has 6 heteroatoms. The Morgan fingerprint density at radius 3 is 2.84 bits per heavy atom. The van der Waals surface area contributed by atoms with E-state index in [1.165, 1.54) is 6.07 Å². The van der Waals surface area contributed by atoms with Gasteiger partial charge < -0.3 is 20.5 Å². The molecular weight excluding hydrogens is 248 g/mol. The molecule has 1 aromatic rings. The van der Waals surface area contributed by atoms with Gasteiger partial charge in [-0.25, -0.2) is 9.59 Å². The summed E-state index contributed by atoms with van der Waals surface area (Å²) in [5.41, 5.74) is 1.30. The number of rotatable bonds is 3. The molecule has 102 valence electrons. The second-order valence-electron chi connectivity index (χ2n) is 4.49. The normalized spacial score (nSPS) is 18.1. The van der Waals surface area contributed by atoms with Crippen LogP contribution in [0, 0.1) is 6.92 Å². The zero-order chi connectivity index (χ0) is 13.8. The molecule has 6 nitrogen and oxygen atoms in total. The Morgan fingerprint density at radius 2 is 2.21 bits per heavy atom. The monoisotopic (exact) mass is 264 g/mol. The number of hydrogen-bond donors (Lipinski definition) is 3. The number of carbonyl (C=O) groups is 2. The van der Waals surface area contributed by atoms with E-state index in [-0.39, 0.29) is 17.6 Å². The van der Waals surface area contributed by atoms with E-state index in [1.807, 2.05) is 0 Å². The van der Waals surface area contributed by atoms with Gasteiger partial charge in [0.25, 0.3) is 0 Å². The summed E-state index contributed by atoms with van der Waals surface area (Å²) in [6.45, 7) is 2.88. The van der Waals surface area contributed by atoms with Crippen LogP contribution >= 0.6 is 0 Å². The van der Waals surface area contributed by atoms with Gasteiger partial charge in [-0.05, 0) is 31.0 Å². The lowest BCUT2D eigenvalue weighted by molar-refractivity contribution is 0.0696. The number of aryl methyl sites for hydroxylation is 1. The molecule has 1 heterocycles. The number of nitrogens with one attached hydrogen (secondary N) is 2. The van der Waals surface area contributed by atoms with Crippen molar-refractivity contribution in [2.75, 3.05) is 18.5 Å². The van der Waals surface area contributed by atoms with E-state index in [9.17, 15) is 9.59 Å². The number of anilines is 1. The van der Waals surface area contributed by atoms with Crippen molar-refractivity contribution in [3.63, 3.8) is 0 Å². The fraction of sp³-hybridized carbons (Fsp3) is 0.385. The summed E-state index contributed by atoms with van der Waals surface area (Å²) in [7, 11) is 0. The third-order valence-corrected chi connectivity index (χ3v) is 2.99. The Kier molecular flexibility index (Phi) is 4.01. The molecule has 0 aliphatic carbocycles. The van der Waals surface area contributed by atoms with E-state index in [2.05, 4.69) is 10.6 Å². The molecule has 0 aromatic heterocycles. The third kappa shape index (κ3) is 3.45. The van der Waals surface area contributed by atoms with Crippen LogP contribution in [0.3, 0.4) is 0 Å². The van der Waals surface area contributed by atoms with E-state index in [4.69, 9.17) is 9.84 Å². The molecule has 2 rings (SSSR count). The van der Waals surface area contributed by atoms with Gasteiger partial charge in [-0.15, -0.1) is 0 Å². The lowest BCUT2D eigenvalue weighted by atomic mass is 10.1. The van der Waals surface area contributed by atoms with E-state index in [1.54, 1.807) is 19.1 Å². The van der Waals surface area contributed by atoms with Crippen LogP contribution in [0.1, 0.15) is 22.3 Å². The fourth-order valence-electron chi connectivity index (χ4n) is 1.93. The summed E-state index contributed by atoms with van der Waals surface area (Å²) in [5.74, 6) is -1.01. The lowest BCUT2D eigenvalue weighted by Gasteiger charge is -2.12. The summed E-state index contributed by atoms with van der Waals surface area (Å²) in [6.07, 6.45) is 0.793. The molecule has 1 unspecified atom stereocenters. The molecule has 0 bridgehead atoms. The standard InChI is InChI=1S/C13H16N2O4/c1-8-2-3-9(6-11(8)12(16)17)14-13(18)15-10-4-5-19-7-10/h2-3,6,10H,4-5,7H2,1H3,(H,16,17)(H2,14,15,18). The number of amides is 2. The number of aromatic carboxylic acids is 1. The van der Waals surface area contributed by atoms with Crippen molar-refractivity contribution >= 4 is 17.7 Å². The van der Waals surface area contributed by atoms with Gasteiger partial charge >= 0.3 is 12.0 Å². The van der Waals surface area contributed by atoms with Crippen LogP contribution in [0.4, 0.5) is 10.5 Å². The molecule has 2 amide bonds. The molecule has 3 N–H and O–H groups in total. The largest absolute Gasteiger partial charge is 0.478 e. The third-order valence-electron chi connectivity index (χ3n) is 2.99. The van der Waals surface area contributed by atoms with Crippen LogP contribution in [0.25, 0.3) is 0 Å². The Morgan fingerprint density at radius 1 is 1.42 bits per heavy atom. The second kappa shape index (κ2) is 5.71. The van der Waals surface area contributed by atoms with Crippen molar-refractivity contribution in [1.29, 1.82) is 0 Å². The van der Waals surface area contributed by atoms with Gasteiger partial charge in [-0.1, -0.05) is 6.07 Å². The van der Waals surface area contributed by atoms with Gasteiger partial charge in [0.15, 0.2) is 0 Å². The maximum Gasteiger partial charge on any atom is 0.336 e. The van der Waals surface area contributed by atoms with E-state index < -0.39 is 5.97 Å². The summed E-state index contributed by atoms with van der Waals surface area (Å²) < 4.78 is 5.15. The average Bonchev–Trinajstić information content (AvgIpc) is 2.84. The smallest absolute Gasteiger partial charge is 0.336 e. The van der Waals surface area contributed by atoms with Crippen LogP contribution in [0.5, 0.6) is 0 Å². The Balaban J connectivity index is 2.00. The highest BCUT2D eigenvalue weighted by Crippen LogP contribution is 2.15. The molecule has 1 aliphatic heterocycles. The molecule has 0 saturated carbocycles. The van der Waals surface area contributed by atoms with Gasteiger partial charge in [0.2, 0.25) is 0 Å². The Labute approximate surface area is 110 Å². The zero-order valence-electron chi connectivity index (χ0n) is 10.6. The molecule has 1 saturated heterocycles. The number of carbonyl (C=O) groups excluding carboxylic acids is 1. The minimum Gasteiger partial charge on any atom is -0.478 e. The van der Waals surface area contributed by atoms with Crippen molar-refractivity contribution in [2.24, 2.45) is 0 Å². The minimum absolute atomic E-state index is 0.0180. The second-order valence-corrected chi connectivity index (χ2v) is 4.49. The van der Waals surface area contributed by atoms with Gasteiger partial charge in [0.1, 0.15) is 0 Å². The number of ether oxygens (including phenoxy) is 1. The quantitative estimate of drug-likeness (QED) is 0.773. The van der Waals surface area contributed by atoms with Crippen molar-refractivity contribution in [3.8, 4) is 0 Å². The average molecular weight is 264 g/mol. The van der Waals surface area contributed by atoms with Gasteiger partial charge in [0, 0.05) is 12.3 Å². The van der Waals surface area contributed by atoms with Crippen LogP contribution in [0.2, 0.25) is 0 Å². The van der Waals surface area contributed by atoms with Crippen molar-refractivity contribution in [1.82, 2.24) is 5.32 Å². The molecule has 1 aliphatic rings. The van der Waals surface area contributed by atoms with Crippen LogP contribution in [0.15, 0.2) is 18.2 Å². The first kappa shape index (κ1) is 13.4. The molecule has 1 aromatic carbocycles. The fourth-order valence-corrected chi connectivity index (χ4v) is 1.93. The van der Waals surface area contributed by atoms with Crippen molar-refractivity contribution in [3.05, 3.63) is 29.3 Å². The van der Waals surface area contributed by atoms with Crippen LogP contribution in [-0.4, -0.2) is 36.4 Å². The summed E-state index contributed by atoms with van der Waals surface area (Å²) >= 11 is 0. The highest BCUT2D eigenvalue weighted by molar-refractivity contribution is 5.94. The SMILES string of the molecule is Cc1ccc(NC(=O)NC2CCOC2)cc1C(=O)O. The number of urea groups is 1. The predicted molar refractivity (Wildman–Crippen MR) is 69.5 cm³/mol. The van der Waals surface area contributed by atoms with Crippen molar-refractivity contribution < 1.29 is 19.4 Å². The van der Waals surface area contributed by atoms with E-state index >= 15 is 0 Å². The molecule has 1 atom stereocenters. The first-order valence-corrected chi connectivity index (χ1v) is 6.05. The van der Waals surface area contributed by atoms with Crippen LogP contribution < -0.4 is 10.6 Å². The highest BCUT2D eigenvalue weighted by Gasteiger charge is 2.18. The number of carboxylic acid groups (broad SMARTS) is 1. The Hall–Kier alpha value is -2.08. The van der Waals surface area contributed by atoms with Gasteiger partial charge in [0.05, 0.1) is 18.2 Å². The highest BCUT2D eigenvalue weighted by atomic mass is 16.5. The topological polar surface area (TPSA) is 87.7 Å². The molecule has 0 spiro atoms. The first-order chi connectivity index (χ1) is 9.06. The summed E-state index contributed by atoms with van der Waals surface area (Å²) in [6, 6.07) is 4.45. The Bertz CT molecular complexity index is 495. The maximum absolute atomic E-state index is 11.7. The molecular formula is C13H16N2O4. The maximum atomic E-state index is 11.7. The zero-order valence-corrected chi connectivity index (χ0v) is 10.6. The lowest BCUT2D eigenvalue weighted by Crippen LogP contribution is -2.38. The molecule has 0 radical (unpaired) electrons. The summed E-state index contributed by atoms with van der Waals surface area (Å²) in [5, 5.41) is 14.4. The predicted octanol–water partition coefficient (Wildman–Crippen LogP) is 1.60. The first-order valence-electron chi connectivity index (χ1n) is 6.05. The number of carboxylic acids is 1. The van der Waals surface area contributed by atoms with Crippen molar-refractivity contribution in [2.45, 2.75) is 19.4 Å². The van der Waals surface area contributed by atoms with E-state index in [0.717, 1.165) is 6.42 Å². The minimum atomic E-state index is -1.01. The summed E-state index contributed by atoms with van der Waals surface area (Å²) in [4.78, 5) is 22.7. The number of benzene rings is 1. The van der Waals surface area contributed by atoms with Gasteiger partial charge in [-0.3, -0.25) is 0 Å². The number of hydrogen-bond acceptors (Lipinski definition) is 3. The molecule has 19 heavy (non-hydrogen) atoms. The van der Waals surface area contributed by atoms with Gasteiger partial charge in [-0.2, -0.15) is 0 Å².